The summed E-state index contributed by atoms with van der Waals surface area (Å²) in [6.45, 7) is 0.461. The van der Waals surface area contributed by atoms with Crippen LogP contribution in [-0.4, -0.2) is 5.91 Å². The number of carbonyl (C=O) groups excluding carboxylic acids is 1. The van der Waals surface area contributed by atoms with E-state index < -0.39 is 0 Å². The van der Waals surface area contributed by atoms with Crippen molar-refractivity contribution < 1.29 is 4.79 Å². The Morgan fingerprint density at radius 3 is 2.59 bits per heavy atom. The minimum absolute atomic E-state index is 0.0855. The largest absolute Gasteiger partial charge is 0.306 e. The molecular weight excluding hydrogens is 356 g/mol. The molecular formula is C23H23ClN2O. The van der Waals surface area contributed by atoms with Crippen molar-refractivity contribution in [1.82, 2.24) is 0 Å². The molecule has 2 unspecified atom stereocenters. The molecule has 0 spiro atoms. The molecule has 0 N–H and O–H groups in total. The van der Waals surface area contributed by atoms with Gasteiger partial charge in [0.15, 0.2) is 0 Å². The van der Waals surface area contributed by atoms with E-state index in [1.807, 2.05) is 30.3 Å². The van der Waals surface area contributed by atoms with Gasteiger partial charge in [0.1, 0.15) is 6.07 Å². The predicted octanol–water partition coefficient (Wildman–Crippen LogP) is 5.57. The molecule has 2 aromatic carbocycles. The maximum Gasteiger partial charge on any atom is 0.230 e. The fourth-order valence-electron chi connectivity index (χ4n) is 4.48. The number of amides is 1. The van der Waals surface area contributed by atoms with Gasteiger partial charge in [-0.1, -0.05) is 67.6 Å². The molecule has 0 aromatic heterocycles. The first-order chi connectivity index (χ1) is 13.2. The van der Waals surface area contributed by atoms with E-state index >= 15 is 0 Å². The summed E-state index contributed by atoms with van der Waals surface area (Å²) in [5.41, 5.74) is 2.16. The second-order valence-electron chi connectivity index (χ2n) is 7.73. The van der Waals surface area contributed by atoms with E-state index in [0.29, 0.717) is 34.7 Å². The maximum absolute atomic E-state index is 13.4. The summed E-state index contributed by atoms with van der Waals surface area (Å²) in [4.78, 5) is 15.2. The van der Waals surface area contributed by atoms with Crippen molar-refractivity contribution in [2.45, 2.75) is 38.6 Å². The van der Waals surface area contributed by atoms with Gasteiger partial charge >= 0.3 is 0 Å². The zero-order valence-corrected chi connectivity index (χ0v) is 16.0. The molecule has 0 aliphatic heterocycles. The lowest BCUT2D eigenvalue weighted by molar-refractivity contribution is -0.120. The van der Waals surface area contributed by atoms with Crippen LogP contribution in [0.25, 0.3) is 0 Å². The Morgan fingerprint density at radius 2 is 1.89 bits per heavy atom. The quantitative estimate of drug-likeness (QED) is 0.682. The first-order valence-electron chi connectivity index (χ1n) is 9.72. The van der Waals surface area contributed by atoms with E-state index in [1.54, 1.807) is 23.1 Å². The number of hydrogen-bond donors (Lipinski definition) is 0. The first-order valence-corrected chi connectivity index (χ1v) is 10.1. The molecule has 2 aliphatic carbocycles. The van der Waals surface area contributed by atoms with Gasteiger partial charge in [-0.2, -0.15) is 5.26 Å². The number of nitrogens with zero attached hydrogens (tertiary/aromatic N) is 2. The molecule has 4 heteroatoms. The number of benzene rings is 2. The average Bonchev–Trinajstić information content (AvgIpc) is 3.31. The second-order valence-corrected chi connectivity index (χ2v) is 8.17. The van der Waals surface area contributed by atoms with Gasteiger partial charge in [-0.05, 0) is 42.0 Å². The van der Waals surface area contributed by atoms with Crippen molar-refractivity contribution in [2.75, 3.05) is 4.90 Å². The van der Waals surface area contributed by atoms with Crippen molar-refractivity contribution >= 4 is 23.2 Å². The predicted molar refractivity (Wildman–Crippen MR) is 107 cm³/mol. The van der Waals surface area contributed by atoms with E-state index in [-0.39, 0.29) is 11.8 Å². The summed E-state index contributed by atoms with van der Waals surface area (Å²) in [5, 5.41) is 10.1. The lowest BCUT2D eigenvalue weighted by atomic mass is 10.00. The second kappa shape index (κ2) is 7.74. The Balaban J connectivity index is 1.63. The molecule has 0 heterocycles. The topological polar surface area (TPSA) is 44.1 Å². The standard InChI is InChI=1S/C23H23ClN2O/c24-19-11-10-18(14-25)22(12-19)26(15-16-6-2-1-3-7-16)23(27)21-13-20(21)17-8-4-5-9-17/h1-3,6-7,10-12,17,20-21H,4-5,8-9,13,15H2. The van der Waals surface area contributed by atoms with Crippen LogP contribution >= 0.6 is 11.6 Å². The molecule has 138 valence electrons. The van der Waals surface area contributed by atoms with Gasteiger partial charge in [0.2, 0.25) is 5.91 Å². The third kappa shape index (κ3) is 3.87. The van der Waals surface area contributed by atoms with Crippen LogP contribution in [-0.2, 0) is 11.3 Å². The zero-order chi connectivity index (χ0) is 18.8. The molecule has 2 atom stereocenters. The number of hydrogen-bond acceptors (Lipinski definition) is 2. The fourth-order valence-corrected chi connectivity index (χ4v) is 4.64. The van der Waals surface area contributed by atoms with Crippen molar-refractivity contribution in [3.63, 3.8) is 0 Å². The van der Waals surface area contributed by atoms with E-state index in [0.717, 1.165) is 12.0 Å². The molecule has 3 nitrogen and oxygen atoms in total. The van der Waals surface area contributed by atoms with Gasteiger partial charge < -0.3 is 4.90 Å². The smallest absolute Gasteiger partial charge is 0.230 e. The first kappa shape index (κ1) is 18.1. The Hall–Kier alpha value is -2.31. The summed E-state index contributed by atoms with van der Waals surface area (Å²) in [6.07, 6.45) is 6.09. The van der Waals surface area contributed by atoms with Crippen LogP contribution in [0.1, 0.15) is 43.2 Å². The van der Waals surface area contributed by atoms with Gasteiger partial charge in [0, 0.05) is 10.9 Å². The third-order valence-electron chi connectivity index (χ3n) is 5.98. The minimum atomic E-state index is 0.0855. The Labute approximate surface area is 165 Å². The lowest BCUT2D eigenvalue weighted by Gasteiger charge is -2.25. The van der Waals surface area contributed by atoms with Crippen LogP contribution < -0.4 is 4.90 Å². The van der Waals surface area contributed by atoms with Crippen LogP contribution in [0.3, 0.4) is 0 Å². The van der Waals surface area contributed by atoms with Crippen LogP contribution in [0.15, 0.2) is 48.5 Å². The van der Waals surface area contributed by atoms with Crippen molar-refractivity contribution in [3.05, 3.63) is 64.7 Å². The summed E-state index contributed by atoms with van der Waals surface area (Å²) in [6, 6.07) is 17.3. The van der Waals surface area contributed by atoms with Crippen LogP contribution in [0.2, 0.25) is 5.02 Å². The van der Waals surface area contributed by atoms with Gasteiger partial charge in [0.25, 0.3) is 0 Å². The van der Waals surface area contributed by atoms with E-state index in [1.165, 1.54) is 25.7 Å². The number of rotatable bonds is 5. The highest BCUT2D eigenvalue weighted by Gasteiger charge is 2.49. The van der Waals surface area contributed by atoms with Crippen molar-refractivity contribution in [3.8, 4) is 6.07 Å². The molecule has 4 rings (SSSR count). The highest BCUT2D eigenvalue weighted by Crippen LogP contribution is 2.51. The minimum Gasteiger partial charge on any atom is -0.306 e. The van der Waals surface area contributed by atoms with E-state index in [2.05, 4.69) is 6.07 Å². The zero-order valence-electron chi connectivity index (χ0n) is 15.3. The molecule has 2 saturated carbocycles. The lowest BCUT2D eigenvalue weighted by Crippen LogP contribution is -2.33. The summed E-state index contributed by atoms with van der Waals surface area (Å²) in [5.74, 6) is 1.44. The van der Waals surface area contributed by atoms with Gasteiger partial charge in [-0.3, -0.25) is 4.79 Å². The Morgan fingerprint density at radius 1 is 1.15 bits per heavy atom. The highest BCUT2D eigenvalue weighted by atomic mass is 35.5. The molecule has 2 aromatic rings. The summed E-state index contributed by atoms with van der Waals surface area (Å²) >= 11 is 6.21. The molecule has 2 fully saturated rings. The van der Waals surface area contributed by atoms with Gasteiger partial charge in [0.05, 0.1) is 17.8 Å². The Kier molecular flexibility index (Phi) is 5.18. The van der Waals surface area contributed by atoms with Crippen LogP contribution in [0.5, 0.6) is 0 Å². The highest BCUT2D eigenvalue weighted by molar-refractivity contribution is 6.31. The van der Waals surface area contributed by atoms with Crippen molar-refractivity contribution in [2.24, 2.45) is 17.8 Å². The van der Waals surface area contributed by atoms with Crippen LogP contribution in [0.4, 0.5) is 5.69 Å². The third-order valence-corrected chi connectivity index (χ3v) is 6.22. The van der Waals surface area contributed by atoms with E-state index in [9.17, 15) is 10.1 Å². The normalized spacial score (nSPS) is 21.6. The fraction of sp³-hybridized carbons (Fsp3) is 0.391. The number of nitriles is 1. The molecule has 27 heavy (non-hydrogen) atoms. The molecule has 2 aliphatic rings. The van der Waals surface area contributed by atoms with Gasteiger partial charge in [-0.15, -0.1) is 0 Å². The number of anilines is 1. The van der Waals surface area contributed by atoms with Crippen molar-refractivity contribution in [1.29, 1.82) is 5.26 Å². The van der Waals surface area contributed by atoms with Gasteiger partial charge in [-0.25, -0.2) is 0 Å². The van der Waals surface area contributed by atoms with E-state index in [4.69, 9.17) is 11.6 Å². The molecule has 0 saturated heterocycles. The SMILES string of the molecule is N#Cc1ccc(Cl)cc1N(Cc1ccccc1)C(=O)C1CC1C1CCCC1. The summed E-state index contributed by atoms with van der Waals surface area (Å²) in [7, 11) is 0. The average molecular weight is 379 g/mol. The van der Waals surface area contributed by atoms with Crippen LogP contribution in [0, 0.1) is 29.1 Å². The number of carbonyl (C=O) groups is 1. The summed E-state index contributed by atoms with van der Waals surface area (Å²) < 4.78 is 0. The number of halogens is 1. The molecule has 0 radical (unpaired) electrons. The maximum atomic E-state index is 13.4. The Bertz CT molecular complexity index is 868. The monoisotopic (exact) mass is 378 g/mol. The molecule has 0 bridgehead atoms. The molecule has 1 amide bonds.